The van der Waals surface area contributed by atoms with E-state index in [2.05, 4.69) is 29.2 Å². The van der Waals surface area contributed by atoms with Gasteiger partial charge < -0.3 is 5.11 Å². The Labute approximate surface area is 120 Å². The van der Waals surface area contributed by atoms with Crippen LogP contribution in [0.5, 0.6) is 0 Å². The summed E-state index contributed by atoms with van der Waals surface area (Å²) in [5.41, 5.74) is 3.02. The first-order chi connectivity index (χ1) is 9.74. The molecule has 1 heterocycles. The van der Waals surface area contributed by atoms with E-state index < -0.39 is 5.97 Å². The molecule has 3 heteroatoms. The Hall–Kier alpha value is -1.35. The predicted molar refractivity (Wildman–Crippen MR) is 78.7 cm³/mol. The second kappa shape index (κ2) is 5.96. The van der Waals surface area contributed by atoms with Gasteiger partial charge in [0.05, 0.1) is 0 Å². The van der Waals surface area contributed by atoms with E-state index in [9.17, 15) is 4.79 Å². The minimum atomic E-state index is -0.661. The van der Waals surface area contributed by atoms with Gasteiger partial charge in [0.25, 0.3) is 0 Å². The highest BCUT2D eigenvalue weighted by molar-refractivity contribution is 5.66. The number of fused-ring (bicyclic) bond motifs is 1. The van der Waals surface area contributed by atoms with Crippen LogP contribution in [0.1, 0.15) is 49.3 Å². The second-order valence-corrected chi connectivity index (χ2v) is 6.19. The lowest BCUT2D eigenvalue weighted by Gasteiger charge is -2.33. The van der Waals surface area contributed by atoms with E-state index in [1.165, 1.54) is 30.4 Å². The maximum Gasteiger partial charge on any atom is 0.303 e. The minimum absolute atomic E-state index is 0.319. The SMILES string of the molecule is O=C(O)CCC1CCN(C2CCCc3ccccc32)C1. The zero-order valence-corrected chi connectivity index (χ0v) is 11.9. The summed E-state index contributed by atoms with van der Waals surface area (Å²) in [6, 6.07) is 9.40. The molecule has 0 saturated carbocycles. The van der Waals surface area contributed by atoms with Crippen LogP contribution in [0.2, 0.25) is 0 Å². The van der Waals surface area contributed by atoms with Crippen molar-refractivity contribution in [1.29, 1.82) is 0 Å². The highest BCUT2D eigenvalue weighted by Gasteiger charge is 2.31. The Bertz CT molecular complexity index is 486. The molecule has 1 aliphatic carbocycles. The molecular weight excluding hydrogens is 250 g/mol. The fourth-order valence-corrected chi connectivity index (χ4v) is 3.82. The largest absolute Gasteiger partial charge is 0.481 e. The standard InChI is InChI=1S/C17H23NO2/c19-17(20)9-8-13-10-11-18(12-13)16-7-3-5-14-4-1-2-6-15(14)16/h1-2,4,6,13,16H,3,5,7-12H2,(H,19,20). The van der Waals surface area contributed by atoms with Crippen LogP contribution in [0.25, 0.3) is 0 Å². The number of nitrogens with zero attached hydrogens (tertiary/aromatic N) is 1. The quantitative estimate of drug-likeness (QED) is 0.915. The Balaban J connectivity index is 1.65. The number of carboxylic acid groups (broad SMARTS) is 1. The van der Waals surface area contributed by atoms with E-state index in [0.717, 1.165) is 25.9 Å². The highest BCUT2D eigenvalue weighted by Crippen LogP contribution is 2.37. The van der Waals surface area contributed by atoms with Crippen molar-refractivity contribution < 1.29 is 9.90 Å². The Morgan fingerprint density at radius 3 is 3.00 bits per heavy atom. The van der Waals surface area contributed by atoms with Crippen LogP contribution in [0.3, 0.4) is 0 Å². The molecular formula is C17H23NO2. The van der Waals surface area contributed by atoms with Gasteiger partial charge in [-0.1, -0.05) is 24.3 Å². The Morgan fingerprint density at radius 2 is 2.15 bits per heavy atom. The van der Waals surface area contributed by atoms with Gasteiger partial charge in [-0.3, -0.25) is 9.69 Å². The number of aryl methyl sites for hydroxylation is 1. The van der Waals surface area contributed by atoms with E-state index in [-0.39, 0.29) is 0 Å². The molecule has 1 N–H and O–H groups in total. The van der Waals surface area contributed by atoms with Crippen molar-refractivity contribution in [3.05, 3.63) is 35.4 Å². The van der Waals surface area contributed by atoms with E-state index in [4.69, 9.17) is 5.11 Å². The van der Waals surface area contributed by atoms with Gasteiger partial charge in [-0.15, -0.1) is 0 Å². The third kappa shape index (κ3) is 2.88. The minimum Gasteiger partial charge on any atom is -0.481 e. The first-order valence-electron chi connectivity index (χ1n) is 7.77. The lowest BCUT2D eigenvalue weighted by molar-refractivity contribution is -0.137. The normalized spacial score (nSPS) is 26.4. The smallest absolute Gasteiger partial charge is 0.303 e. The average molecular weight is 273 g/mol. The number of rotatable bonds is 4. The zero-order valence-electron chi connectivity index (χ0n) is 11.9. The highest BCUT2D eigenvalue weighted by atomic mass is 16.4. The van der Waals surface area contributed by atoms with Crippen molar-refractivity contribution in [2.24, 2.45) is 5.92 Å². The number of hydrogen-bond donors (Lipinski definition) is 1. The van der Waals surface area contributed by atoms with Gasteiger partial charge in [0.1, 0.15) is 0 Å². The van der Waals surface area contributed by atoms with Crippen molar-refractivity contribution in [2.45, 2.75) is 44.6 Å². The van der Waals surface area contributed by atoms with Crippen LogP contribution in [-0.2, 0) is 11.2 Å². The Morgan fingerprint density at radius 1 is 1.30 bits per heavy atom. The molecule has 0 amide bonds. The fraction of sp³-hybridized carbons (Fsp3) is 0.588. The molecule has 1 fully saturated rings. The summed E-state index contributed by atoms with van der Waals surface area (Å²) in [4.78, 5) is 13.3. The van der Waals surface area contributed by atoms with Gasteiger partial charge in [0.15, 0.2) is 0 Å². The molecule has 2 aliphatic rings. The van der Waals surface area contributed by atoms with Gasteiger partial charge in [-0.2, -0.15) is 0 Å². The van der Waals surface area contributed by atoms with Crippen molar-refractivity contribution in [1.82, 2.24) is 4.90 Å². The summed E-state index contributed by atoms with van der Waals surface area (Å²) in [6.45, 7) is 2.20. The number of benzene rings is 1. The molecule has 108 valence electrons. The molecule has 3 rings (SSSR count). The zero-order chi connectivity index (χ0) is 13.9. The molecule has 2 atom stereocenters. The van der Waals surface area contributed by atoms with Crippen molar-refractivity contribution in [3.8, 4) is 0 Å². The first kappa shape index (κ1) is 13.6. The molecule has 0 bridgehead atoms. The molecule has 0 aromatic heterocycles. The molecule has 0 radical (unpaired) electrons. The van der Waals surface area contributed by atoms with E-state index in [1.807, 2.05) is 0 Å². The molecule has 20 heavy (non-hydrogen) atoms. The lowest BCUT2D eigenvalue weighted by Crippen LogP contribution is -2.29. The first-order valence-corrected chi connectivity index (χ1v) is 7.77. The lowest BCUT2D eigenvalue weighted by atomic mass is 9.87. The third-order valence-corrected chi connectivity index (χ3v) is 4.86. The summed E-state index contributed by atoms with van der Waals surface area (Å²) in [7, 11) is 0. The third-order valence-electron chi connectivity index (χ3n) is 4.86. The van der Waals surface area contributed by atoms with Crippen LogP contribution in [-0.4, -0.2) is 29.1 Å². The second-order valence-electron chi connectivity index (χ2n) is 6.19. The monoisotopic (exact) mass is 273 g/mol. The average Bonchev–Trinajstić information content (AvgIpc) is 2.93. The van der Waals surface area contributed by atoms with Crippen molar-refractivity contribution in [2.75, 3.05) is 13.1 Å². The van der Waals surface area contributed by atoms with Crippen LogP contribution in [0.4, 0.5) is 0 Å². The number of aliphatic carboxylic acids is 1. The van der Waals surface area contributed by atoms with Gasteiger partial charge in [-0.25, -0.2) is 0 Å². The number of carboxylic acids is 1. The summed E-state index contributed by atoms with van der Waals surface area (Å²) in [5.74, 6) is -0.0911. The Kier molecular flexibility index (Phi) is 4.06. The topological polar surface area (TPSA) is 40.5 Å². The molecule has 2 unspecified atom stereocenters. The van der Waals surface area contributed by atoms with Crippen LogP contribution < -0.4 is 0 Å². The van der Waals surface area contributed by atoms with Crippen LogP contribution >= 0.6 is 0 Å². The fourth-order valence-electron chi connectivity index (χ4n) is 3.82. The van der Waals surface area contributed by atoms with Gasteiger partial charge in [0, 0.05) is 19.0 Å². The van der Waals surface area contributed by atoms with E-state index in [1.54, 1.807) is 0 Å². The molecule has 1 aliphatic heterocycles. The molecule has 0 spiro atoms. The van der Waals surface area contributed by atoms with Gasteiger partial charge in [0.2, 0.25) is 0 Å². The number of likely N-dealkylation sites (tertiary alicyclic amines) is 1. The maximum atomic E-state index is 10.7. The van der Waals surface area contributed by atoms with Crippen molar-refractivity contribution in [3.63, 3.8) is 0 Å². The summed E-state index contributed by atoms with van der Waals surface area (Å²) >= 11 is 0. The molecule has 3 nitrogen and oxygen atoms in total. The maximum absolute atomic E-state index is 10.7. The van der Waals surface area contributed by atoms with Gasteiger partial charge >= 0.3 is 5.97 Å². The van der Waals surface area contributed by atoms with Crippen molar-refractivity contribution >= 4 is 5.97 Å². The summed E-state index contributed by atoms with van der Waals surface area (Å²) < 4.78 is 0. The van der Waals surface area contributed by atoms with Gasteiger partial charge in [-0.05, 0) is 55.7 Å². The molecule has 1 aromatic rings. The summed E-state index contributed by atoms with van der Waals surface area (Å²) in [6.07, 6.45) is 6.05. The predicted octanol–water partition coefficient (Wildman–Crippen LogP) is 3.25. The summed E-state index contributed by atoms with van der Waals surface area (Å²) in [5, 5.41) is 8.80. The van der Waals surface area contributed by atoms with E-state index in [0.29, 0.717) is 18.4 Å². The number of hydrogen-bond acceptors (Lipinski definition) is 2. The number of carbonyl (C=O) groups is 1. The van der Waals surface area contributed by atoms with Crippen LogP contribution in [0, 0.1) is 5.92 Å². The van der Waals surface area contributed by atoms with E-state index >= 15 is 0 Å². The molecule has 1 saturated heterocycles. The molecule has 1 aromatic carbocycles. The van der Waals surface area contributed by atoms with Crippen LogP contribution in [0.15, 0.2) is 24.3 Å².